The highest BCUT2D eigenvalue weighted by Crippen LogP contribution is 2.35. The molecule has 3 heteroatoms. The van der Waals surface area contributed by atoms with E-state index in [0.717, 1.165) is 6.29 Å². The molecular formula is C11H20O3. The summed E-state index contributed by atoms with van der Waals surface area (Å²) in [5.41, 5.74) is -0.728. The average molecular weight is 200 g/mol. The van der Waals surface area contributed by atoms with Crippen LogP contribution in [-0.2, 0) is 14.3 Å². The van der Waals surface area contributed by atoms with E-state index < -0.39 is 5.60 Å². The number of rotatable bonds is 1. The van der Waals surface area contributed by atoms with Gasteiger partial charge in [-0.3, -0.25) is 0 Å². The number of carbonyl (C=O) groups is 1. The minimum absolute atomic E-state index is 0.109. The standard InChI is InChI=1S/C11H20O3/c1-8-13-10(2,3)6-9(7-12)11(4,5)14-8/h7-9H,6H2,1-5H3. The van der Waals surface area contributed by atoms with Gasteiger partial charge in [-0.1, -0.05) is 0 Å². The van der Waals surface area contributed by atoms with Crippen LogP contribution in [0.4, 0.5) is 0 Å². The van der Waals surface area contributed by atoms with Gasteiger partial charge in [-0.05, 0) is 41.0 Å². The predicted molar refractivity (Wildman–Crippen MR) is 54.0 cm³/mol. The van der Waals surface area contributed by atoms with Crippen LogP contribution in [0.25, 0.3) is 0 Å². The first-order valence-corrected chi connectivity index (χ1v) is 5.08. The van der Waals surface area contributed by atoms with Crippen molar-refractivity contribution in [1.29, 1.82) is 0 Å². The summed E-state index contributed by atoms with van der Waals surface area (Å²) in [6, 6.07) is 0. The largest absolute Gasteiger partial charge is 0.347 e. The van der Waals surface area contributed by atoms with Gasteiger partial charge in [0.1, 0.15) is 6.29 Å². The lowest BCUT2D eigenvalue weighted by Crippen LogP contribution is -2.37. The van der Waals surface area contributed by atoms with Gasteiger partial charge in [0.15, 0.2) is 6.29 Å². The highest BCUT2D eigenvalue weighted by molar-refractivity contribution is 5.55. The van der Waals surface area contributed by atoms with E-state index in [4.69, 9.17) is 9.47 Å². The van der Waals surface area contributed by atoms with E-state index in [9.17, 15) is 4.79 Å². The Hall–Kier alpha value is -0.410. The minimum atomic E-state index is -0.436. The van der Waals surface area contributed by atoms with Crippen LogP contribution in [0.15, 0.2) is 0 Å². The molecule has 0 aromatic carbocycles. The lowest BCUT2D eigenvalue weighted by Gasteiger charge is -2.29. The van der Waals surface area contributed by atoms with Crippen molar-refractivity contribution < 1.29 is 14.3 Å². The zero-order valence-corrected chi connectivity index (χ0v) is 9.66. The van der Waals surface area contributed by atoms with Crippen molar-refractivity contribution in [1.82, 2.24) is 0 Å². The third-order valence-electron chi connectivity index (χ3n) is 2.72. The summed E-state index contributed by atoms with van der Waals surface area (Å²) in [5.74, 6) is -0.109. The maximum absolute atomic E-state index is 11.0. The Kier molecular flexibility index (Phi) is 3.02. The van der Waals surface area contributed by atoms with Gasteiger partial charge in [-0.2, -0.15) is 0 Å². The van der Waals surface area contributed by atoms with Gasteiger partial charge in [-0.25, -0.2) is 0 Å². The molecule has 0 radical (unpaired) electrons. The number of hydrogen-bond acceptors (Lipinski definition) is 3. The molecule has 0 bridgehead atoms. The van der Waals surface area contributed by atoms with Crippen LogP contribution in [0.2, 0.25) is 0 Å². The van der Waals surface area contributed by atoms with Crippen LogP contribution in [0, 0.1) is 5.92 Å². The monoisotopic (exact) mass is 200 g/mol. The first-order valence-electron chi connectivity index (χ1n) is 5.08. The van der Waals surface area contributed by atoms with Gasteiger partial charge >= 0.3 is 0 Å². The molecule has 0 N–H and O–H groups in total. The first-order chi connectivity index (χ1) is 6.27. The lowest BCUT2D eigenvalue weighted by atomic mass is 9.83. The summed E-state index contributed by atoms with van der Waals surface area (Å²) >= 11 is 0. The molecule has 1 saturated heterocycles. The fourth-order valence-electron chi connectivity index (χ4n) is 2.02. The second kappa shape index (κ2) is 3.63. The summed E-state index contributed by atoms with van der Waals surface area (Å²) in [5, 5.41) is 0. The van der Waals surface area contributed by atoms with Crippen molar-refractivity contribution in [3.05, 3.63) is 0 Å². The van der Waals surface area contributed by atoms with Crippen molar-refractivity contribution >= 4 is 6.29 Å². The highest BCUT2D eigenvalue weighted by atomic mass is 16.7. The number of ether oxygens (including phenoxy) is 2. The Morgan fingerprint density at radius 3 is 2.29 bits per heavy atom. The Balaban J connectivity index is 2.90. The van der Waals surface area contributed by atoms with Crippen LogP contribution >= 0.6 is 0 Å². The molecule has 1 aliphatic rings. The quantitative estimate of drug-likeness (QED) is 0.608. The first kappa shape index (κ1) is 11.7. The van der Waals surface area contributed by atoms with Gasteiger partial charge in [0.25, 0.3) is 0 Å². The van der Waals surface area contributed by atoms with Crippen molar-refractivity contribution in [2.75, 3.05) is 0 Å². The van der Waals surface area contributed by atoms with E-state index in [1.54, 1.807) is 0 Å². The van der Waals surface area contributed by atoms with Crippen LogP contribution in [-0.4, -0.2) is 23.8 Å². The maximum Gasteiger partial charge on any atom is 0.156 e. The topological polar surface area (TPSA) is 35.5 Å². The van der Waals surface area contributed by atoms with Crippen molar-refractivity contribution in [3.8, 4) is 0 Å². The number of carbonyl (C=O) groups excluding carboxylic acids is 1. The second-order valence-corrected chi connectivity index (χ2v) is 5.11. The molecule has 3 nitrogen and oxygen atoms in total. The molecule has 0 spiro atoms. The van der Waals surface area contributed by atoms with Gasteiger partial charge in [0, 0.05) is 5.92 Å². The summed E-state index contributed by atoms with van der Waals surface area (Å²) in [4.78, 5) is 11.0. The Morgan fingerprint density at radius 1 is 1.21 bits per heavy atom. The molecule has 82 valence electrons. The number of aldehydes is 1. The summed E-state index contributed by atoms with van der Waals surface area (Å²) in [6.07, 6.45) is 1.42. The number of hydrogen-bond donors (Lipinski definition) is 0. The van der Waals surface area contributed by atoms with Crippen molar-refractivity contribution in [2.45, 2.75) is 58.5 Å². The van der Waals surface area contributed by atoms with Gasteiger partial charge in [0.05, 0.1) is 11.2 Å². The molecule has 14 heavy (non-hydrogen) atoms. The fraction of sp³-hybridized carbons (Fsp3) is 0.909. The third kappa shape index (κ3) is 2.55. The van der Waals surface area contributed by atoms with E-state index >= 15 is 0 Å². The van der Waals surface area contributed by atoms with E-state index in [1.807, 2.05) is 34.6 Å². The molecule has 0 amide bonds. The Morgan fingerprint density at radius 2 is 1.79 bits per heavy atom. The highest BCUT2D eigenvalue weighted by Gasteiger charge is 2.41. The predicted octanol–water partition coefficient (Wildman–Crippen LogP) is 2.14. The Bertz CT molecular complexity index is 221. The van der Waals surface area contributed by atoms with Crippen LogP contribution in [0.5, 0.6) is 0 Å². The summed E-state index contributed by atoms with van der Waals surface area (Å²) < 4.78 is 11.4. The molecule has 2 unspecified atom stereocenters. The average Bonchev–Trinajstić information content (AvgIpc) is 2.03. The molecule has 1 fully saturated rings. The molecule has 0 saturated carbocycles. The molecule has 1 heterocycles. The van der Waals surface area contributed by atoms with Crippen LogP contribution < -0.4 is 0 Å². The summed E-state index contributed by atoms with van der Waals surface area (Å²) in [7, 11) is 0. The second-order valence-electron chi connectivity index (χ2n) is 5.11. The molecule has 1 aliphatic heterocycles. The van der Waals surface area contributed by atoms with Gasteiger partial charge in [0.2, 0.25) is 0 Å². The van der Waals surface area contributed by atoms with E-state index in [2.05, 4.69) is 0 Å². The van der Waals surface area contributed by atoms with E-state index in [1.165, 1.54) is 0 Å². The van der Waals surface area contributed by atoms with Gasteiger partial charge in [-0.15, -0.1) is 0 Å². The lowest BCUT2D eigenvalue weighted by molar-refractivity contribution is -0.211. The molecule has 0 aliphatic carbocycles. The van der Waals surface area contributed by atoms with Gasteiger partial charge < -0.3 is 14.3 Å². The zero-order valence-electron chi connectivity index (χ0n) is 9.66. The molecule has 0 aromatic rings. The molecular weight excluding hydrogens is 180 g/mol. The maximum atomic E-state index is 11.0. The van der Waals surface area contributed by atoms with E-state index in [0.29, 0.717) is 6.42 Å². The Labute approximate surface area is 85.8 Å². The summed E-state index contributed by atoms with van der Waals surface area (Å²) in [6.45, 7) is 9.73. The molecule has 1 rings (SSSR count). The fourth-order valence-corrected chi connectivity index (χ4v) is 2.02. The smallest absolute Gasteiger partial charge is 0.156 e. The van der Waals surface area contributed by atoms with Crippen LogP contribution in [0.3, 0.4) is 0 Å². The molecule has 2 atom stereocenters. The minimum Gasteiger partial charge on any atom is -0.347 e. The normalized spacial score (nSPS) is 36.1. The molecule has 0 aromatic heterocycles. The van der Waals surface area contributed by atoms with Crippen molar-refractivity contribution in [2.24, 2.45) is 5.92 Å². The van der Waals surface area contributed by atoms with E-state index in [-0.39, 0.29) is 17.8 Å². The zero-order chi connectivity index (χ0) is 11.0. The SMILES string of the molecule is CC1OC(C)(C)CC(C=O)C(C)(C)O1. The van der Waals surface area contributed by atoms with Crippen molar-refractivity contribution in [3.63, 3.8) is 0 Å². The van der Waals surface area contributed by atoms with Crippen LogP contribution in [0.1, 0.15) is 41.0 Å². The third-order valence-corrected chi connectivity index (χ3v) is 2.72.